The predicted octanol–water partition coefficient (Wildman–Crippen LogP) is 1.63. The van der Waals surface area contributed by atoms with Gasteiger partial charge < -0.3 is 15.1 Å². The number of hydrogen-bond donors (Lipinski definition) is 2. The number of aliphatic hydroxyl groups is 2. The van der Waals surface area contributed by atoms with Crippen molar-refractivity contribution in [1.82, 2.24) is 4.90 Å². The monoisotopic (exact) mass is 253 g/mol. The molecule has 0 aromatic rings. The molecule has 0 aromatic heterocycles. The Morgan fingerprint density at radius 3 is 1.89 bits per heavy atom. The Morgan fingerprint density at radius 2 is 1.33 bits per heavy atom. The van der Waals surface area contributed by atoms with E-state index >= 15 is 0 Å². The number of fused-ring (bicyclic) bond motifs is 1. The molecule has 1 saturated heterocycles. The van der Waals surface area contributed by atoms with Gasteiger partial charge in [-0.2, -0.15) is 0 Å². The quantitative estimate of drug-likeness (QED) is 0.786. The molecular weight excluding hydrogens is 226 g/mol. The summed E-state index contributed by atoms with van der Waals surface area (Å²) in [6, 6.07) is 0. The van der Waals surface area contributed by atoms with Crippen LogP contribution in [0.3, 0.4) is 0 Å². The minimum absolute atomic E-state index is 0.458. The summed E-state index contributed by atoms with van der Waals surface area (Å²) in [6.07, 6.45) is 7.47. The molecule has 0 aromatic carbocycles. The summed E-state index contributed by atoms with van der Waals surface area (Å²) in [5, 5.41) is 19.5. The van der Waals surface area contributed by atoms with Crippen LogP contribution in [-0.4, -0.2) is 47.0 Å². The van der Waals surface area contributed by atoms with E-state index in [0.29, 0.717) is 11.8 Å². The van der Waals surface area contributed by atoms with Gasteiger partial charge in [-0.3, -0.25) is 0 Å². The van der Waals surface area contributed by atoms with Crippen LogP contribution in [0.2, 0.25) is 0 Å². The van der Waals surface area contributed by atoms with Gasteiger partial charge in [0.05, 0.1) is 12.2 Å². The van der Waals surface area contributed by atoms with Crippen molar-refractivity contribution in [2.75, 3.05) is 19.6 Å². The molecule has 0 amide bonds. The van der Waals surface area contributed by atoms with Crippen LogP contribution < -0.4 is 0 Å². The first-order chi connectivity index (χ1) is 8.72. The van der Waals surface area contributed by atoms with Gasteiger partial charge in [-0.05, 0) is 69.4 Å². The van der Waals surface area contributed by atoms with Gasteiger partial charge in [0.15, 0.2) is 0 Å². The molecule has 1 aliphatic heterocycles. The van der Waals surface area contributed by atoms with Gasteiger partial charge in [-0.1, -0.05) is 6.42 Å². The highest BCUT2D eigenvalue weighted by atomic mass is 16.3. The number of hydrogen-bond acceptors (Lipinski definition) is 3. The lowest BCUT2D eigenvalue weighted by atomic mass is 9.79. The van der Waals surface area contributed by atoms with Gasteiger partial charge in [-0.25, -0.2) is 0 Å². The highest BCUT2D eigenvalue weighted by Gasteiger charge is 2.41. The first kappa shape index (κ1) is 12.9. The van der Waals surface area contributed by atoms with E-state index in [1.807, 2.05) is 0 Å². The molecule has 5 atom stereocenters. The number of rotatable bonds is 2. The van der Waals surface area contributed by atoms with Crippen LogP contribution in [0.4, 0.5) is 0 Å². The molecule has 1 unspecified atom stereocenters. The number of aliphatic hydroxyl groups excluding tert-OH is 2. The van der Waals surface area contributed by atoms with Crippen molar-refractivity contribution in [3.63, 3.8) is 0 Å². The second-order valence-corrected chi connectivity index (χ2v) is 6.82. The van der Waals surface area contributed by atoms with E-state index in [0.717, 1.165) is 18.8 Å². The third-order valence-electron chi connectivity index (χ3n) is 5.44. The van der Waals surface area contributed by atoms with E-state index in [1.54, 1.807) is 0 Å². The average molecular weight is 253 g/mol. The summed E-state index contributed by atoms with van der Waals surface area (Å²) in [6.45, 7) is 3.84. The molecule has 0 spiro atoms. The van der Waals surface area contributed by atoms with Crippen molar-refractivity contribution in [2.24, 2.45) is 17.8 Å². The van der Waals surface area contributed by atoms with Crippen LogP contribution in [0.25, 0.3) is 0 Å². The fourth-order valence-electron chi connectivity index (χ4n) is 4.51. The minimum Gasteiger partial charge on any atom is -0.390 e. The third kappa shape index (κ3) is 2.73. The number of likely N-dealkylation sites (tertiary alicyclic amines) is 1. The van der Waals surface area contributed by atoms with E-state index in [9.17, 15) is 10.2 Å². The highest BCUT2D eigenvalue weighted by molar-refractivity contribution is 4.93. The van der Waals surface area contributed by atoms with Crippen molar-refractivity contribution in [3.8, 4) is 0 Å². The second kappa shape index (κ2) is 5.48. The fraction of sp³-hybridized carbons (Fsp3) is 1.00. The second-order valence-electron chi connectivity index (χ2n) is 6.82. The van der Waals surface area contributed by atoms with E-state index in [1.165, 1.54) is 51.7 Å². The van der Waals surface area contributed by atoms with Crippen LogP contribution in [0.15, 0.2) is 0 Å². The van der Waals surface area contributed by atoms with Gasteiger partial charge in [0.1, 0.15) is 0 Å². The lowest BCUT2D eigenvalue weighted by Gasteiger charge is -2.32. The molecule has 2 N–H and O–H groups in total. The van der Waals surface area contributed by atoms with Crippen LogP contribution in [-0.2, 0) is 0 Å². The molecule has 1 heterocycles. The summed E-state index contributed by atoms with van der Waals surface area (Å²) in [5.74, 6) is 2.17. The van der Waals surface area contributed by atoms with E-state index in [4.69, 9.17) is 0 Å². The summed E-state index contributed by atoms with van der Waals surface area (Å²) >= 11 is 0. The summed E-state index contributed by atoms with van der Waals surface area (Å²) < 4.78 is 0. The maximum Gasteiger partial charge on any atom is 0.0802 e. The first-order valence-electron chi connectivity index (χ1n) is 7.81. The molecule has 3 aliphatic rings. The normalized spacial score (nSPS) is 46.0. The molecule has 2 saturated carbocycles. The van der Waals surface area contributed by atoms with Crippen molar-refractivity contribution < 1.29 is 10.2 Å². The Hall–Kier alpha value is -0.120. The Kier molecular flexibility index (Phi) is 3.92. The number of nitrogens with zero attached hydrogens (tertiary/aromatic N) is 1. The lowest BCUT2D eigenvalue weighted by molar-refractivity contribution is -0.0408. The minimum atomic E-state index is -0.458. The van der Waals surface area contributed by atoms with Crippen LogP contribution in [0, 0.1) is 17.8 Å². The van der Waals surface area contributed by atoms with Crippen molar-refractivity contribution in [1.29, 1.82) is 0 Å². The molecule has 104 valence electrons. The summed E-state index contributed by atoms with van der Waals surface area (Å²) in [5.41, 5.74) is 0. The zero-order valence-corrected chi connectivity index (χ0v) is 11.3. The Bertz CT molecular complexity index is 260. The van der Waals surface area contributed by atoms with Gasteiger partial charge in [0.2, 0.25) is 0 Å². The largest absolute Gasteiger partial charge is 0.390 e. The lowest BCUT2D eigenvalue weighted by Crippen LogP contribution is -2.36. The predicted molar refractivity (Wildman–Crippen MR) is 71.2 cm³/mol. The summed E-state index contributed by atoms with van der Waals surface area (Å²) in [7, 11) is 0. The SMILES string of the molecule is O[C@@H]1C[C@@H]2CC(CN3CCCCC3)C[C@H]2C[C@@H]1O. The molecule has 3 nitrogen and oxygen atoms in total. The van der Waals surface area contributed by atoms with Crippen LogP contribution >= 0.6 is 0 Å². The Labute approximate surface area is 110 Å². The zero-order chi connectivity index (χ0) is 12.5. The zero-order valence-electron chi connectivity index (χ0n) is 11.3. The molecule has 18 heavy (non-hydrogen) atoms. The molecule has 3 rings (SSSR count). The van der Waals surface area contributed by atoms with E-state index in [-0.39, 0.29) is 0 Å². The van der Waals surface area contributed by atoms with Gasteiger partial charge in [0.25, 0.3) is 0 Å². The fourth-order valence-corrected chi connectivity index (χ4v) is 4.51. The molecule has 3 heteroatoms. The number of piperidine rings is 1. The Balaban J connectivity index is 1.51. The van der Waals surface area contributed by atoms with Gasteiger partial charge in [0, 0.05) is 6.54 Å². The maximum atomic E-state index is 9.77. The van der Waals surface area contributed by atoms with Crippen molar-refractivity contribution >= 4 is 0 Å². The summed E-state index contributed by atoms with van der Waals surface area (Å²) in [4.78, 5) is 2.64. The molecular formula is C15H27NO2. The first-order valence-corrected chi connectivity index (χ1v) is 7.81. The average Bonchev–Trinajstić information content (AvgIpc) is 2.72. The smallest absolute Gasteiger partial charge is 0.0802 e. The van der Waals surface area contributed by atoms with Crippen molar-refractivity contribution in [3.05, 3.63) is 0 Å². The van der Waals surface area contributed by atoms with Crippen LogP contribution in [0.5, 0.6) is 0 Å². The van der Waals surface area contributed by atoms with E-state index < -0.39 is 12.2 Å². The van der Waals surface area contributed by atoms with Gasteiger partial charge in [-0.15, -0.1) is 0 Å². The topological polar surface area (TPSA) is 43.7 Å². The molecule has 3 fully saturated rings. The maximum absolute atomic E-state index is 9.77. The molecule has 2 aliphatic carbocycles. The van der Waals surface area contributed by atoms with Crippen LogP contribution in [0.1, 0.15) is 44.9 Å². The van der Waals surface area contributed by atoms with Gasteiger partial charge >= 0.3 is 0 Å². The van der Waals surface area contributed by atoms with E-state index in [2.05, 4.69) is 4.90 Å². The third-order valence-corrected chi connectivity index (χ3v) is 5.44. The Morgan fingerprint density at radius 1 is 0.778 bits per heavy atom. The van der Waals surface area contributed by atoms with Crippen molar-refractivity contribution in [2.45, 2.75) is 57.2 Å². The standard InChI is InChI=1S/C15H27NO2/c17-14-8-12-6-11(7-13(12)9-15(14)18)10-16-4-2-1-3-5-16/h11-15,17-18H,1-10H2/t11?,12-,13-,14-,15+/m0/s1. The molecule has 0 bridgehead atoms. The highest BCUT2D eigenvalue weighted by Crippen LogP contribution is 2.45. The molecule has 0 radical (unpaired) electrons.